The summed E-state index contributed by atoms with van der Waals surface area (Å²) in [4.78, 5) is 11.6. The van der Waals surface area contributed by atoms with Gasteiger partial charge in [-0.15, -0.1) is 0 Å². The zero-order valence-corrected chi connectivity index (χ0v) is 9.31. The van der Waals surface area contributed by atoms with Gasteiger partial charge >= 0.3 is 5.56 Å². The van der Waals surface area contributed by atoms with Crippen LogP contribution in [0, 0.1) is 12.1 Å². The van der Waals surface area contributed by atoms with Crippen molar-refractivity contribution in [2.75, 3.05) is 6.61 Å². The predicted molar refractivity (Wildman–Crippen MR) is 56.0 cm³/mol. The van der Waals surface area contributed by atoms with Gasteiger partial charge in [-0.3, -0.25) is 9.36 Å². The van der Waals surface area contributed by atoms with Gasteiger partial charge in [-0.2, -0.15) is 4.73 Å². The third kappa shape index (κ3) is 2.17. The highest BCUT2D eigenvalue weighted by Crippen LogP contribution is 2.27. The molecule has 1 saturated heterocycles. The number of ether oxygens (including phenoxy) is 1. The molecule has 2 N–H and O–H groups in total. The minimum atomic E-state index is -0.809. The standard InChI is InChI=1S/C10H14N2O5/c1-6-3-11(9(15)4-12(6)16)10-2-7(14)8(5-13)17-10/h3-4,7-8,10,13-14H,2,5H2,1H3/t7-,8+,10-/m0/s1. The van der Waals surface area contributed by atoms with E-state index >= 15 is 0 Å². The quantitative estimate of drug-likeness (QED) is 0.482. The van der Waals surface area contributed by atoms with Crippen molar-refractivity contribution >= 4 is 0 Å². The molecule has 0 aliphatic carbocycles. The van der Waals surface area contributed by atoms with Crippen LogP contribution in [0.15, 0.2) is 17.2 Å². The maximum Gasteiger partial charge on any atom is 0.318 e. The van der Waals surface area contributed by atoms with Crippen LogP contribution in [0.25, 0.3) is 0 Å². The van der Waals surface area contributed by atoms with Crippen molar-refractivity contribution in [2.24, 2.45) is 0 Å². The highest BCUT2D eigenvalue weighted by Gasteiger charge is 2.35. The SMILES string of the molecule is Cc1cn([C@@H]2C[C@H](O)[C@@H](CO)O2)c(=O)c[n+]1[O-]. The van der Waals surface area contributed by atoms with Gasteiger partial charge in [0.15, 0.2) is 0 Å². The van der Waals surface area contributed by atoms with Gasteiger partial charge in [0.25, 0.3) is 0 Å². The lowest BCUT2D eigenvalue weighted by Crippen LogP contribution is -2.39. The molecule has 1 aliphatic heterocycles. The highest BCUT2D eigenvalue weighted by molar-refractivity contribution is 4.91. The van der Waals surface area contributed by atoms with E-state index < -0.39 is 24.0 Å². The first-order valence-electron chi connectivity index (χ1n) is 5.29. The topological polar surface area (TPSA) is 98.6 Å². The second-order valence-corrected chi connectivity index (χ2v) is 4.09. The highest BCUT2D eigenvalue weighted by atomic mass is 16.5. The first-order chi connectivity index (χ1) is 8.02. The Morgan fingerprint density at radius 3 is 3.00 bits per heavy atom. The van der Waals surface area contributed by atoms with Crippen molar-refractivity contribution in [2.45, 2.75) is 31.8 Å². The number of nitrogens with zero attached hydrogens (tertiary/aromatic N) is 2. The van der Waals surface area contributed by atoms with E-state index in [1.807, 2.05) is 0 Å². The summed E-state index contributed by atoms with van der Waals surface area (Å²) in [6, 6.07) is 0. The Morgan fingerprint density at radius 1 is 1.71 bits per heavy atom. The Morgan fingerprint density at radius 2 is 2.41 bits per heavy atom. The molecule has 0 amide bonds. The molecule has 7 nitrogen and oxygen atoms in total. The average molecular weight is 242 g/mol. The molecule has 0 aromatic carbocycles. The first-order valence-corrected chi connectivity index (χ1v) is 5.29. The lowest BCUT2D eigenvalue weighted by Gasteiger charge is -2.14. The molecule has 17 heavy (non-hydrogen) atoms. The fourth-order valence-electron chi connectivity index (χ4n) is 1.87. The summed E-state index contributed by atoms with van der Waals surface area (Å²) in [7, 11) is 0. The summed E-state index contributed by atoms with van der Waals surface area (Å²) in [5.41, 5.74) is -0.142. The molecule has 3 atom stereocenters. The van der Waals surface area contributed by atoms with Crippen molar-refractivity contribution in [3.8, 4) is 0 Å². The number of aromatic nitrogens is 2. The summed E-state index contributed by atoms with van der Waals surface area (Å²) < 4.78 is 7.07. The van der Waals surface area contributed by atoms with Crippen molar-refractivity contribution in [1.82, 2.24) is 4.57 Å². The largest absolute Gasteiger partial charge is 0.618 e. The number of aliphatic hydroxyl groups is 2. The van der Waals surface area contributed by atoms with Crippen LogP contribution in [0.3, 0.4) is 0 Å². The van der Waals surface area contributed by atoms with Crippen molar-refractivity contribution < 1.29 is 19.7 Å². The number of rotatable bonds is 2. The van der Waals surface area contributed by atoms with Crippen LogP contribution in [0.2, 0.25) is 0 Å². The van der Waals surface area contributed by atoms with Crippen molar-refractivity contribution in [3.63, 3.8) is 0 Å². The zero-order chi connectivity index (χ0) is 12.6. The van der Waals surface area contributed by atoms with Gasteiger partial charge in [0, 0.05) is 13.3 Å². The van der Waals surface area contributed by atoms with E-state index in [-0.39, 0.29) is 13.0 Å². The minimum absolute atomic E-state index is 0.216. The zero-order valence-electron chi connectivity index (χ0n) is 9.31. The Hall–Kier alpha value is -1.44. The predicted octanol–water partition coefficient (Wildman–Crippen LogP) is -1.57. The maximum absolute atomic E-state index is 11.6. The summed E-state index contributed by atoms with van der Waals surface area (Å²) in [6.45, 7) is 1.26. The van der Waals surface area contributed by atoms with Crippen LogP contribution in [-0.4, -0.2) is 33.6 Å². The summed E-state index contributed by atoms with van der Waals surface area (Å²) in [6.07, 6.45) is 0.371. The molecule has 0 radical (unpaired) electrons. The van der Waals surface area contributed by atoms with E-state index in [9.17, 15) is 15.1 Å². The minimum Gasteiger partial charge on any atom is -0.618 e. The Bertz CT molecular complexity index is 472. The monoisotopic (exact) mass is 242 g/mol. The van der Waals surface area contributed by atoms with Crippen molar-refractivity contribution in [3.05, 3.63) is 33.6 Å². The molecule has 7 heteroatoms. The van der Waals surface area contributed by atoms with E-state index in [1.165, 1.54) is 10.8 Å². The number of hydrogen-bond donors (Lipinski definition) is 2. The lowest BCUT2D eigenvalue weighted by atomic mass is 10.2. The molecule has 1 fully saturated rings. The molecular formula is C10H14N2O5. The normalized spacial score (nSPS) is 28.5. The van der Waals surface area contributed by atoms with Crippen molar-refractivity contribution in [1.29, 1.82) is 0 Å². The van der Waals surface area contributed by atoms with Crippen LogP contribution in [0.4, 0.5) is 0 Å². The number of hydrogen-bond acceptors (Lipinski definition) is 5. The second kappa shape index (κ2) is 4.44. The Labute approximate surface area is 97.1 Å². The Kier molecular flexibility index (Phi) is 3.14. The lowest BCUT2D eigenvalue weighted by molar-refractivity contribution is -0.614. The van der Waals surface area contributed by atoms with Gasteiger partial charge in [0.2, 0.25) is 11.9 Å². The van der Waals surface area contributed by atoms with Crippen LogP contribution in [0.1, 0.15) is 18.3 Å². The van der Waals surface area contributed by atoms with Crippen LogP contribution in [0.5, 0.6) is 0 Å². The van der Waals surface area contributed by atoms with Gasteiger partial charge in [-0.05, 0) is 0 Å². The molecule has 0 saturated carbocycles. The molecule has 1 aromatic heterocycles. The number of aryl methyl sites for hydroxylation is 1. The Balaban J connectivity index is 2.30. The summed E-state index contributed by atoms with van der Waals surface area (Å²) in [5, 5.41) is 29.7. The second-order valence-electron chi connectivity index (χ2n) is 4.09. The van der Waals surface area contributed by atoms with E-state index in [1.54, 1.807) is 6.92 Å². The summed E-state index contributed by atoms with van der Waals surface area (Å²) >= 11 is 0. The molecule has 0 bridgehead atoms. The van der Waals surface area contributed by atoms with Crippen LogP contribution in [-0.2, 0) is 4.74 Å². The molecule has 94 valence electrons. The van der Waals surface area contributed by atoms with Gasteiger partial charge in [0.05, 0.1) is 18.9 Å². The maximum atomic E-state index is 11.6. The van der Waals surface area contributed by atoms with E-state index in [2.05, 4.69) is 0 Å². The van der Waals surface area contributed by atoms with E-state index in [0.717, 1.165) is 6.20 Å². The first kappa shape index (κ1) is 12.0. The van der Waals surface area contributed by atoms with Gasteiger partial charge in [0.1, 0.15) is 12.3 Å². The third-order valence-electron chi connectivity index (χ3n) is 2.85. The molecule has 1 aromatic rings. The molecular weight excluding hydrogens is 228 g/mol. The van der Waals surface area contributed by atoms with E-state index in [4.69, 9.17) is 9.84 Å². The van der Waals surface area contributed by atoms with Gasteiger partial charge in [-0.25, -0.2) is 0 Å². The van der Waals surface area contributed by atoms with Gasteiger partial charge in [-0.1, -0.05) is 0 Å². The van der Waals surface area contributed by atoms with Gasteiger partial charge < -0.3 is 20.2 Å². The molecule has 1 aliphatic rings. The van der Waals surface area contributed by atoms with Crippen LogP contribution >= 0.6 is 0 Å². The van der Waals surface area contributed by atoms with E-state index in [0.29, 0.717) is 10.4 Å². The molecule has 2 heterocycles. The molecule has 2 rings (SSSR count). The smallest absolute Gasteiger partial charge is 0.318 e. The van der Waals surface area contributed by atoms with Crippen LogP contribution < -0.4 is 10.3 Å². The molecule has 0 unspecified atom stereocenters. The summed E-state index contributed by atoms with van der Waals surface area (Å²) in [5.74, 6) is 0. The fourth-order valence-corrected chi connectivity index (χ4v) is 1.87. The average Bonchev–Trinajstić information content (AvgIpc) is 2.65. The molecule has 0 spiro atoms. The third-order valence-corrected chi connectivity index (χ3v) is 2.85. The fraction of sp³-hybridized carbons (Fsp3) is 0.600. The number of aliphatic hydroxyl groups excluding tert-OH is 2.